The number of piperidine rings is 1. The average molecular weight is 274 g/mol. The van der Waals surface area contributed by atoms with Gasteiger partial charge in [-0.15, -0.1) is 0 Å². The maximum Gasteiger partial charge on any atom is 0.223 e. The van der Waals surface area contributed by atoms with Gasteiger partial charge in [-0.25, -0.2) is 0 Å². The zero-order valence-electron chi connectivity index (χ0n) is 12.6. The quantitative estimate of drug-likeness (QED) is 0.867. The van der Waals surface area contributed by atoms with E-state index in [1.54, 1.807) is 0 Å². The highest BCUT2D eigenvalue weighted by atomic mass is 16.1. The summed E-state index contributed by atoms with van der Waals surface area (Å²) in [6.07, 6.45) is 3.10. The first-order valence-corrected chi connectivity index (χ1v) is 7.78. The molecule has 2 rings (SSSR count). The lowest BCUT2D eigenvalue weighted by Gasteiger charge is -2.34. The van der Waals surface area contributed by atoms with E-state index in [1.807, 2.05) is 13.0 Å². The average Bonchev–Trinajstić information content (AvgIpc) is 2.49. The van der Waals surface area contributed by atoms with Gasteiger partial charge in [0.05, 0.1) is 0 Å². The molecule has 1 saturated heterocycles. The van der Waals surface area contributed by atoms with E-state index >= 15 is 0 Å². The van der Waals surface area contributed by atoms with E-state index in [2.05, 4.69) is 41.8 Å². The van der Waals surface area contributed by atoms with Gasteiger partial charge >= 0.3 is 0 Å². The van der Waals surface area contributed by atoms with Crippen molar-refractivity contribution in [2.75, 3.05) is 13.1 Å². The Morgan fingerprint density at radius 1 is 1.40 bits per heavy atom. The fourth-order valence-corrected chi connectivity index (χ4v) is 3.00. The molecule has 110 valence electrons. The molecular formula is C17H26N2O. The number of nitrogens with one attached hydrogen (secondary N) is 2. The van der Waals surface area contributed by atoms with Crippen LogP contribution in [0, 0.1) is 5.92 Å². The first kappa shape index (κ1) is 15.0. The first-order chi connectivity index (χ1) is 9.72. The Morgan fingerprint density at radius 3 is 2.85 bits per heavy atom. The van der Waals surface area contributed by atoms with Crippen molar-refractivity contribution >= 4 is 5.91 Å². The van der Waals surface area contributed by atoms with Crippen LogP contribution in [0.3, 0.4) is 0 Å². The van der Waals surface area contributed by atoms with Gasteiger partial charge in [-0.3, -0.25) is 4.79 Å². The van der Waals surface area contributed by atoms with Crippen LogP contribution in [-0.4, -0.2) is 25.0 Å². The number of carbonyl (C=O) groups is 1. The topological polar surface area (TPSA) is 41.1 Å². The number of hydrogen-bond donors (Lipinski definition) is 2. The molecule has 1 aliphatic rings. The third-order valence-electron chi connectivity index (χ3n) is 4.21. The number of amides is 1. The van der Waals surface area contributed by atoms with Crippen LogP contribution >= 0.6 is 0 Å². The molecular weight excluding hydrogens is 248 g/mol. The van der Waals surface area contributed by atoms with Gasteiger partial charge in [-0.1, -0.05) is 50.6 Å². The number of rotatable bonds is 5. The fraction of sp³-hybridized carbons (Fsp3) is 0.588. The molecule has 1 heterocycles. The summed E-state index contributed by atoms with van der Waals surface area (Å²) >= 11 is 0. The molecule has 0 aliphatic carbocycles. The molecule has 1 amide bonds. The van der Waals surface area contributed by atoms with Crippen LogP contribution in [0.25, 0.3) is 0 Å². The summed E-state index contributed by atoms with van der Waals surface area (Å²) in [7, 11) is 0. The molecule has 3 atom stereocenters. The largest absolute Gasteiger partial charge is 0.351 e. The predicted molar refractivity (Wildman–Crippen MR) is 82.7 cm³/mol. The summed E-state index contributed by atoms with van der Waals surface area (Å²) in [5.41, 5.74) is 1.34. The Labute approximate surface area is 122 Å². The molecule has 2 N–H and O–H groups in total. The van der Waals surface area contributed by atoms with E-state index < -0.39 is 0 Å². The smallest absolute Gasteiger partial charge is 0.223 e. The third-order valence-corrected chi connectivity index (χ3v) is 4.21. The van der Waals surface area contributed by atoms with E-state index in [4.69, 9.17) is 0 Å². The monoisotopic (exact) mass is 274 g/mol. The second-order valence-corrected chi connectivity index (χ2v) is 5.81. The number of benzene rings is 1. The molecule has 3 heteroatoms. The Morgan fingerprint density at radius 2 is 2.15 bits per heavy atom. The van der Waals surface area contributed by atoms with E-state index in [0.717, 1.165) is 32.4 Å². The molecule has 3 unspecified atom stereocenters. The molecule has 0 bridgehead atoms. The molecule has 0 aromatic heterocycles. The minimum atomic E-state index is 0.110. The molecule has 0 saturated carbocycles. The molecule has 0 radical (unpaired) electrons. The maximum atomic E-state index is 12.2. The standard InChI is InChI=1S/C17H26N2O/c1-3-7-13(2)17(20)19-16-12-18-11-10-15(16)14-8-5-4-6-9-14/h4-6,8-9,13,15-16,18H,3,7,10-12H2,1-2H3,(H,19,20). The van der Waals surface area contributed by atoms with Crippen molar-refractivity contribution in [1.82, 2.24) is 10.6 Å². The molecule has 0 spiro atoms. The van der Waals surface area contributed by atoms with Gasteiger partial charge in [-0.2, -0.15) is 0 Å². The van der Waals surface area contributed by atoms with Gasteiger partial charge in [0.2, 0.25) is 5.91 Å². The minimum Gasteiger partial charge on any atom is -0.351 e. The Kier molecular flexibility index (Phi) is 5.60. The van der Waals surface area contributed by atoms with Crippen molar-refractivity contribution in [3.63, 3.8) is 0 Å². The van der Waals surface area contributed by atoms with Crippen molar-refractivity contribution in [3.05, 3.63) is 35.9 Å². The molecule has 1 fully saturated rings. The van der Waals surface area contributed by atoms with Crippen molar-refractivity contribution in [2.24, 2.45) is 5.92 Å². The van der Waals surface area contributed by atoms with E-state index in [1.165, 1.54) is 5.56 Å². The van der Waals surface area contributed by atoms with Gasteiger partial charge in [-0.05, 0) is 24.9 Å². The Bertz CT molecular complexity index is 418. The van der Waals surface area contributed by atoms with Crippen LogP contribution in [0.2, 0.25) is 0 Å². The molecule has 1 aromatic carbocycles. The Balaban J connectivity index is 2.02. The zero-order valence-corrected chi connectivity index (χ0v) is 12.6. The number of carbonyl (C=O) groups excluding carboxylic acids is 1. The lowest BCUT2D eigenvalue weighted by Crippen LogP contribution is -2.51. The summed E-state index contributed by atoms with van der Waals surface area (Å²) in [6.45, 7) is 6.03. The van der Waals surface area contributed by atoms with Crippen LogP contribution in [0.4, 0.5) is 0 Å². The highest BCUT2D eigenvalue weighted by molar-refractivity contribution is 5.78. The summed E-state index contributed by atoms with van der Waals surface area (Å²) < 4.78 is 0. The van der Waals surface area contributed by atoms with E-state index in [-0.39, 0.29) is 17.9 Å². The predicted octanol–water partition coefficient (Wildman–Crippen LogP) is 2.68. The van der Waals surface area contributed by atoms with Crippen LogP contribution in [-0.2, 0) is 4.79 Å². The van der Waals surface area contributed by atoms with Crippen molar-refractivity contribution in [2.45, 2.75) is 45.1 Å². The third kappa shape index (κ3) is 3.83. The maximum absolute atomic E-state index is 12.2. The Hall–Kier alpha value is -1.35. The van der Waals surface area contributed by atoms with E-state index in [9.17, 15) is 4.79 Å². The summed E-state index contributed by atoms with van der Waals surface area (Å²) in [6, 6.07) is 10.8. The van der Waals surface area contributed by atoms with Crippen LogP contribution in [0.5, 0.6) is 0 Å². The van der Waals surface area contributed by atoms with Crippen LogP contribution < -0.4 is 10.6 Å². The SMILES string of the molecule is CCCC(C)C(=O)NC1CNCCC1c1ccccc1. The van der Waals surface area contributed by atoms with Crippen molar-refractivity contribution in [3.8, 4) is 0 Å². The normalized spacial score (nSPS) is 24.1. The van der Waals surface area contributed by atoms with Gasteiger partial charge in [0.1, 0.15) is 0 Å². The molecule has 20 heavy (non-hydrogen) atoms. The van der Waals surface area contributed by atoms with Gasteiger partial charge < -0.3 is 10.6 Å². The second kappa shape index (κ2) is 7.44. The summed E-state index contributed by atoms with van der Waals surface area (Å²) in [5, 5.41) is 6.65. The highest BCUT2D eigenvalue weighted by Gasteiger charge is 2.28. The highest BCUT2D eigenvalue weighted by Crippen LogP contribution is 2.25. The van der Waals surface area contributed by atoms with Crippen molar-refractivity contribution < 1.29 is 4.79 Å². The number of hydrogen-bond acceptors (Lipinski definition) is 2. The summed E-state index contributed by atoms with van der Waals surface area (Å²) in [4.78, 5) is 12.2. The summed E-state index contributed by atoms with van der Waals surface area (Å²) in [5.74, 6) is 0.732. The van der Waals surface area contributed by atoms with Crippen LogP contribution in [0.1, 0.15) is 44.6 Å². The first-order valence-electron chi connectivity index (χ1n) is 7.78. The molecule has 1 aromatic rings. The fourth-order valence-electron chi connectivity index (χ4n) is 3.00. The molecule has 3 nitrogen and oxygen atoms in total. The lowest BCUT2D eigenvalue weighted by molar-refractivity contribution is -0.125. The van der Waals surface area contributed by atoms with Crippen LogP contribution in [0.15, 0.2) is 30.3 Å². The minimum absolute atomic E-state index is 0.110. The zero-order chi connectivity index (χ0) is 14.4. The lowest BCUT2D eigenvalue weighted by atomic mass is 9.85. The second-order valence-electron chi connectivity index (χ2n) is 5.81. The van der Waals surface area contributed by atoms with E-state index in [0.29, 0.717) is 5.92 Å². The van der Waals surface area contributed by atoms with Crippen molar-refractivity contribution in [1.29, 1.82) is 0 Å². The van der Waals surface area contributed by atoms with Gasteiger partial charge in [0.15, 0.2) is 0 Å². The molecule has 1 aliphatic heterocycles. The van der Waals surface area contributed by atoms with Gasteiger partial charge in [0, 0.05) is 24.4 Å². The van der Waals surface area contributed by atoms with Gasteiger partial charge in [0.25, 0.3) is 0 Å².